The average Bonchev–Trinajstić information content (AvgIpc) is 2.60. The van der Waals surface area contributed by atoms with Crippen molar-refractivity contribution in [3.63, 3.8) is 0 Å². The van der Waals surface area contributed by atoms with E-state index in [2.05, 4.69) is 24.4 Å². The molecule has 6 heteroatoms. The molecule has 0 aliphatic heterocycles. The van der Waals surface area contributed by atoms with Gasteiger partial charge in [-0.3, -0.25) is 4.79 Å². The Bertz CT molecular complexity index is 732. The molecule has 2 aromatic rings. The third-order valence-corrected chi connectivity index (χ3v) is 3.39. The summed E-state index contributed by atoms with van der Waals surface area (Å²) in [7, 11) is 0. The highest BCUT2D eigenvalue weighted by molar-refractivity contribution is 6.32. The van der Waals surface area contributed by atoms with E-state index in [0.29, 0.717) is 23.3 Å². The molecule has 1 amide bonds. The first kappa shape index (κ1) is 18.8. The predicted octanol–water partition coefficient (Wildman–Crippen LogP) is 3.90. The molecule has 0 aliphatic rings. The summed E-state index contributed by atoms with van der Waals surface area (Å²) in [5, 5.41) is 4.40. The number of nitrogens with one attached hydrogen (secondary N) is 1. The van der Waals surface area contributed by atoms with Crippen molar-refractivity contribution in [2.24, 2.45) is 11.0 Å². The zero-order chi connectivity index (χ0) is 18.1. The van der Waals surface area contributed by atoms with Crippen molar-refractivity contribution >= 4 is 23.7 Å². The fraction of sp³-hybridized carbons (Fsp3) is 0.263. The van der Waals surface area contributed by atoms with E-state index >= 15 is 0 Å². The van der Waals surface area contributed by atoms with Gasteiger partial charge in [-0.15, -0.1) is 0 Å². The van der Waals surface area contributed by atoms with Crippen molar-refractivity contribution in [3.8, 4) is 11.5 Å². The van der Waals surface area contributed by atoms with Gasteiger partial charge in [0, 0.05) is 5.56 Å². The number of hydrazone groups is 1. The van der Waals surface area contributed by atoms with Crippen LogP contribution in [0, 0.1) is 5.92 Å². The average molecular weight is 361 g/mol. The molecule has 0 atom stereocenters. The molecule has 0 spiro atoms. The van der Waals surface area contributed by atoms with Crippen LogP contribution in [-0.2, 0) is 4.79 Å². The highest BCUT2D eigenvalue weighted by atomic mass is 35.5. The number of hydrogen-bond acceptors (Lipinski definition) is 4. The summed E-state index contributed by atoms with van der Waals surface area (Å²) in [6.07, 6.45) is 1.54. The standard InChI is InChI=1S/C19H21ClN2O3/c1-14(2)12-24-17-9-5-3-7-15(17)11-21-22-19(23)13-25-18-10-6-4-8-16(18)20/h3-11,14H,12-13H2,1-2H3,(H,22,23)/b21-11-. The summed E-state index contributed by atoms with van der Waals surface area (Å²) in [6, 6.07) is 14.5. The highest BCUT2D eigenvalue weighted by Gasteiger charge is 2.05. The van der Waals surface area contributed by atoms with Crippen LogP contribution in [-0.4, -0.2) is 25.3 Å². The van der Waals surface area contributed by atoms with Gasteiger partial charge in [-0.05, 0) is 30.2 Å². The number of carbonyl (C=O) groups is 1. The smallest absolute Gasteiger partial charge is 0.277 e. The molecule has 0 bridgehead atoms. The molecular formula is C19H21ClN2O3. The molecule has 0 radical (unpaired) electrons. The summed E-state index contributed by atoms with van der Waals surface area (Å²) < 4.78 is 11.1. The fourth-order valence-corrected chi connectivity index (χ4v) is 2.08. The second kappa shape index (κ2) is 9.69. The maximum Gasteiger partial charge on any atom is 0.277 e. The Kier molecular flexibility index (Phi) is 7.29. The van der Waals surface area contributed by atoms with E-state index in [4.69, 9.17) is 21.1 Å². The van der Waals surface area contributed by atoms with Crippen molar-refractivity contribution in [2.75, 3.05) is 13.2 Å². The molecule has 0 saturated heterocycles. The molecule has 0 fully saturated rings. The van der Waals surface area contributed by atoms with Gasteiger partial charge in [0.15, 0.2) is 6.61 Å². The summed E-state index contributed by atoms with van der Waals surface area (Å²) >= 11 is 5.96. The van der Waals surface area contributed by atoms with Crippen LogP contribution >= 0.6 is 11.6 Å². The lowest BCUT2D eigenvalue weighted by Crippen LogP contribution is -2.24. The van der Waals surface area contributed by atoms with Crippen LogP contribution in [0.15, 0.2) is 53.6 Å². The SMILES string of the molecule is CC(C)COc1ccccc1/C=N\NC(=O)COc1ccccc1Cl. The number of ether oxygens (including phenoxy) is 2. The van der Waals surface area contributed by atoms with E-state index in [1.54, 1.807) is 30.5 Å². The maximum atomic E-state index is 11.8. The normalized spacial score (nSPS) is 10.9. The molecule has 0 heterocycles. The van der Waals surface area contributed by atoms with Gasteiger partial charge >= 0.3 is 0 Å². The lowest BCUT2D eigenvalue weighted by molar-refractivity contribution is -0.123. The number of rotatable bonds is 8. The number of para-hydroxylation sites is 2. The highest BCUT2D eigenvalue weighted by Crippen LogP contribution is 2.22. The lowest BCUT2D eigenvalue weighted by atomic mass is 10.2. The van der Waals surface area contributed by atoms with Gasteiger partial charge in [-0.1, -0.05) is 49.7 Å². The van der Waals surface area contributed by atoms with Gasteiger partial charge in [0.25, 0.3) is 5.91 Å². The molecule has 25 heavy (non-hydrogen) atoms. The number of halogens is 1. The van der Waals surface area contributed by atoms with Gasteiger partial charge in [0.05, 0.1) is 17.8 Å². The molecule has 2 rings (SSSR count). The van der Waals surface area contributed by atoms with Gasteiger partial charge in [-0.2, -0.15) is 5.10 Å². The van der Waals surface area contributed by atoms with Crippen LogP contribution < -0.4 is 14.9 Å². The zero-order valence-corrected chi connectivity index (χ0v) is 15.0. The third kappa shape index (κ3) is 6.47. The van der Waals surface area contributed by atoms with Crippen LogP contribution in [0.4, 0.5) is 0 Å². The zero-order valence-electron chi connectivity index (χ0n) is 14.2. The van der Waals surface area contributed by atoms with E-state index in [1.165, 1.54) is 0 Å². The second-order valence-corrected chi connectivity index (χ2v) is 6.16. The third-order valence-electron chi connectivity index (χ3n) is 3.08. The Morgan fingerprint density at radius 1 is 1.12 bits per heavy atom. The van der Waals surface area contributed by atoms with Crippen molar-refractivity contribution in [3.05, 3.63) is 59.1 Å². The molecule has 0 saturated carbocycles. The Morgan fingerprint density at radius 3 is 2.52 bits per heavy atom. The quantitative estimate of drug-likeness (QED) is 0.573. The van der Waals surface area contributed by atoms with E-state index in [0.717, 1.165) is 11.3 Å². The summed E-state index contributed by atoms with van der Waals surface area (Å²) in [4.78, 5) is 11.8. The van der Waals surface area contributed by atoms with Crippen molar-refractivity contribution in [1.29, 1.82) is 0 Å². The van der Waals surface area contributed by atoms with Crippen molar-refractivity contribution in [2.45, 2.75) is 13.8 Å². The molecule has 0 unspecified atom stereocenters. The number of carbonyl (C=O) groups excluding carboxylic acids is 1. The monoisotopic (exact) mass is 360 g/mol. The Labute approximate surface area is 152 Å². The molecule has 132 valence electrons. The Balaban J connectivity index is 1.86. The minimum atomic E-state index is -0.378. The number of amides is 1. The summed E-state index contributed by atoms with van der Waals surface area (Å²) in [6.45, 7) is 4.60. The fourth-order valence-electron chi connectivity index (χ4n) is 1.89. The predicted molar refractivity (Wildman–Crippen MR) is 99.5 cm³/mol. The van der Waals surface area contributed by atoms with Crippen LogP contribution in [0.25, 0.3) is 0 Å². The van der Waals surface area contributed by atoms with E-state index in [9.17, 15) is 4.79 Å². The van der Waals surface area contributed by atoms with Gasteiger partial charge in [0.2, 0.25) is 0 Å². The summed E-state index contributed by atoms with van der Waals surface area (Å²) in [5.74, 6) is 1.22. The van der Waals surface area contributed by atoms with E-state index in [-0.39, 0.29) is 12.5 Å². The van der Waals surface area contributed by atoms with Crippen LogP contribution in [0.1, 0.15) is 19.4 Å². The molecule has 5 nitrogen and oxygen atoms in total. The first-order chi connectivity index (χ1) is 12.1. The maximum absolute atomic E-state index is 11.8. The topological polar surface area (TPSA) is 59.9 Å². The van der Waals surface area contributed by atoms with Gasteiger partial charge in [0.1, 0.15) is 11.5 Å². The van der Waals surface area contributed by atoms with Crippen molar-refractivity contribution < 1.29 is 14.3 Å². The minimum absolute atomic E-state index is 0.174. The largest absolute Gasteiger partial charge is 0.493 e. The van der Waals surface area contributed by atoms with E-state index < -0.39 is 0 Å². The molecule has 1 N–H and O–H groups in total. The number of benzene rings is 2. The Hall–Kier alpha value is -2.53. The van der Waals surface area contributed by atoms with Crippen LogP contribution in [0.5, 0.6) is 11.5 Å². The summed E-state index contributed by atoms with van der Waals surface area (Å²) in [5.41, 5.74) is 3.21. The second-order valence-electron chi connectivity index (χ2n) is 5.75. The molecule has 2 aromatic carbocycles. The number of hydrogen-bond donors (Lipinski definition) is 1. The lowest BCUT2D eigenvalue weighted by Gasteiger charge is -2.10. The first-order valence-corrected chi connectivity index (χ1v) is 8.35. The van der Waals surface area contributed by atoms with E-state index in [1.807, 2.05) is 24.3 Å². The molecular weight excluding hydrogens is 340 g/mol. The van der Waals surface area contributed by atoms with Crippen LogP contribution in [0.2, 0.25) is 5.02 Å². The minimum Gasteiger partial charge on any atom is -0.493 e. The van der Waals surface area contributed by atoms with Gasteiger partial charge in [-0.25, -0.2) is 5.43 Å². The molecule has 0 aliphatic carbocycles. The Morgan fingerprint density at radius 2 is 1.80 bits per heavy atom. The molecule has 0 aromatic heterocycles. The van der Waals surface area contributed by atoms with Crippen LogP contribution in [0.3, 0.4) is 0 Å². The number of nitrogens with zero attached hydrogens (tertiary/aromatic N) is 1. The van der Waals surface area contributed by atoms with Crippen molar-refractivity contribution in [1.82, 2.24) is 5.43 Å². The van der Waals surface area contributed by atoms with Gasteiger partial charge < -0.3 is 9.47 Å². The first-order valence-electron chi connectivity index (χ1n) is 7.97.